The second-order valence-electron chi connectivity index (χ2n) is 15.4. The van der Waals surface area contributed by atoms with Gasteiger partial charge >= 0.3 is 0 Å². The normalized spacial score (nSPS) is 35.1. The van der Waals surface area contributed by atoms with Crippen molar-refractivity contribution in [1.29, 1.82) is 0 Å². The lowest BCUT2D eigenvalue weighted by Gasteiger charge is -2.66. The van der Waals surface area contributed by atoms with Gasteiger partial charge in [0.05, 0.1) is 18.6 Å². The van der Waals surface area contributed by atoms with Crippen LogP contribution in [0.2, 0.25) is 0 Å². The molecule has 1 saturated heterocycles. The zero-order valence-corrected chi connectivity index (χ0v) is 24.7. The number of rotatable bonds is 9. The molecule has 1 amide bonds. The van der Waals surface area contributed by atoms with Crippen LogP contribution < -0.4 is 4.90 Å². The van der Waals surface area contributed by atoms with Gasteiger partial charge in [-0.15, -0.1) is 0 Å². The molecule has 7 saturated carbocycles. The quantitative estimate of drug-likeness (QED) is 0.292. The van der Waals surface area contributed by atoms with Crippen molar-refractivity contribution in [2.75, 3.05) is 24.7 Å². The van der Waals surface area contributed by atoms with E-state index in [1.165, 1.54) is 0 Å². The smallest absolute Gasteiger partial charge is 0.237 e. The third-order valence-electron chi connectivity index (χ3n) is 11.8. The van der Waals surface area contributed by atoms with Crippen LogP contribution in [0.5, 0.6) is 0 Å². The van der Waals surface area contributed by atoms with Gasteiger partial charge in [-0.3, -0.25) is 4.79 Å². The number of alkyl halides is 1. The van der Waals surface area contributed by atoms with Crippen LogP contribution in [-0.2, 0) is 20.4 Å². The Morgan fingerprint density at radius 3 is 2.33 bits per heavy atom. The average Bonchev–Trinajstić information content (AvgIpc) is 3.48. The average molecular weight is 588 g/mol. The fourth-order valence-electron chi connectivity index (χ4n) is 8.83. The van der Waals surface area contributed by atoms with Crippen molar-refractivity contribution in [2.24, 2.45) is 10.8 Å². The largest absolute Gasteiger partial charge is 0.379 e. The Hall–Kier alpha value is -3.14. The fourth-order valence-corrected chi connectivity index (χ4v) is 8.83. The maximum absolute atomic E-state index is 14.4. The molecule has 226 valence electrons. The first-order chi connectivity index (χ1) is 20.7. The summed E-state index contributed by atoms with van der Waals surface area (Å²) in [6.07, 6.45) is 10.4. The number of hydrogen-bond acceptors (Lipinski definition) is 8. The first-order valence-electron chi connectivity index (χ1n) is 16.0. The molecule has 2 aromatic heterocycles. The SMILES string of the molecule is CC1(c2nc(-c3cccc(N(CC45CCC(c6nc(C7CC7)no6)(CC4)CC5)C(=O)CC45CC(F)(C4)C5)c3)no2)COC1. The summed E-state index contributed by atoms with van der Waals surface area (Å²) in [5.41, 5.74) is 0.228. The van der Waals surface area contributed by atoms with E-state index in [2.05, 4.69) is 17.2 Å². The van der Waals surface area contributed by atoms with Gasteiger partial charge in [-0.2, -0.15) is 9.97 Å². The van der Waals surface area contributed by atoms with Crippen LogP contribution in [0.25, 0.3) is 11.4 Å². The molecule has 8 fully saturated rings. The molecule has 9 nitrogen and oxygen atoms in total. The first-order valence-corrected chi connectivity index (χ1v) is 16.0. The lowest BCUT2D eigenvalue weighted by molar-refractivity contribution is -0.215. The van der Waals surface area contributed by atoms with Crippen molar-refractivity contribution >= 4 is 11.6 Å². The highest BCUT2D eigenvalue weighted by Crippen LogP contribution is 2.71. The molecule has 0 spiro atoms. The van der Waals surface area contributed by atoms with Crippen LogP contribution in [0.4, 0.5) is 10.1 Å². The zero-order chi connectivity index (χ0) is 29.1. The lowest BCUT2D eigenvalue weighted by Crippen LogP contribution is -2.65. The molecule has 1 aliphatic heterocycles. The zero-order valence-electron chi connectivity index (χ0n) is 24.7. The number of halogens is 1. The number of nitrogens with zero attached hydrogens (tertiary/aromatic N) is 5. The summed E-state index contributed by atoms with van der Waals surface area (Å²) in [7, 11) is 0. The second-order valence-corrected chi connectivity index (χ2v) is 15.4. The summed E-state index contributed by atoms with van der Waals surface area (Å²) < 4.78 is 31.2. The van der Waals surface area contributed by atoms with Crippen LogP contribution in [-0.4, -0.2) is 51.6 Å². The monoisotopic (exact) mass is 587 g/mol. The van der Waals surface area contributed by atoms with Crippen molar-refractivity contribution < 1.29 is 23.0 Å². The molecule has 7 aliphatic carbocycles. The van der Waals surface area contributed by atoms with E-state index in [9.17, 15) is 9.18 Å². The molecule has 3 aromatic rings. The Kier molecular flexibility index (Phi) is 5.34. The topological polar surface area (TPSA) is 107 Å². The van der Waals surface area contributed by atoms with E-state index < -0.39 is 5.67 Å². The standard InChI is InChI=1S/C33H38FN5O4/c1-29(19-41-20-29)27-35-26(38-42-27)22-3-2-4-23(13-22)39(24(40)14-31-15-33(34,16-31)17-31)18-30-7-10-32(11-8-30,12-9-30)28-36-25(37-43-28)21-5-6-21/h2-4,13,21H,5-12,14-20H2,1H3. The number of carbonyl (C=O) groups excluding carboxylic acids is 1. The molecule has 11 rings (SSSR count). The molecule has 0 atom stereocenters. The van der Waals surface area contributed by atoms with E-state index in [0.29, 0.717) is 63.1 Å². The summed E-state index contributed by atoms with van der Waals surface area (Å²) in [5.74, 6) is 3.38. The van der Waals surface area contributed by atoms with Crippen molar-refractivity contribution in [1.82, 2.24) is 20.3 Å². The van der Waals surface area contributed by atoms with Crippen LogP contribution in [0.1, 0.15) is 107 Å². The minimum absolute atomic E-state index is 0.0314. The van der Waals surface area contributed by atoms with Crippen molar-refractivity contribution in [3.05, 3.63) is 41.9 Å². The summed E-state index contributed by atoms with van der Waals surface area (Å²) >= 11 is 0. The summed E-state index contributed by atoms with van der Waals surface area (Å²) in [5, 5.41) is 8.59. The molecule has 43 heavy (non-hydrogen) atoms. The second kappa shape index (κ2) is 8.73. The van der Waals surface area contributed by atoms with Gasteiger partial charge in [-0.1, -0.05) is 22.4 Å². The molecular weight excluding hydrogens is 549 g/mol. The number of ether oxygens (including phenoxy) is 1. The molecule has 0 unspecified atom stereocenters. The van der Waals surface area contributed by atoms with Crippen LogP contribution in [0.15, 0.2) is 33.3 Å². The summed E-state index contributed by atoms with van der Waals surface area (Å²) in [6.45, 7) is 3.85. The van der Waals surface area contributed by atoms with Crippen molar-refractivity contribution in [3.63, 3.8) is 0 Å². The van der Waals surface area contributed by atoms with Gasteiger partial charge in [-0.25, -0.2) is 4.39 Å². The number of hydrogen-bond donors (Lipinski definition) is 0. The van der Waals surface area contributed by atoms with Gasteiger partial charge in [0.15, 0.2) is 5.82 Å². The molecule has 1 aromatic carbocycles. The van der Waals surface area contributed by atoms with Gasteiger partial charge in [0.1, 0.15) is 5.67 Å². The molecule has 3 heterocycles. The maximum Gasteiger partial charge on any atom is 0.237 e. The molecule has 0 N–H and O–H groups in total. The molecule has 4 bridgehead atoms. The Balaban J connectivity index is 0.979. The van der Waals surface area contributed by atoms with Crippen molar-refractivity contribution in [2.45, 2.75) is 106 Å². The number of amides is 1. The van der Waals surface area contributed by atoms with Crippen LogP contribution in [0.3, 0.4) is 0 Å². The highest BCUT2D eigenvalue weighted by molar-refractivity contribution is 5.94. The van der Waals surface area contributed by atoms with Crippen LogP contribution >= 0.6 is 0 Å². The molecule has 8 aliphatic rings. The Labute approximate surface area is 249 Å². The number of fused-ring (bicyclic) bond motifs is 3. The highest BCUT2D eigenvalue weighted by Gasteiger charge is 2.69. The molecule has 0 radical (unpaired) electrons. The molecular formula is C33H38FN5O4. The Morgan fingerprint density at radius 2 is 1.67 bits per heavy atom. The number of aromatic nitrogens is 4. The van der Waals surface area contributed by atoms with Gasteiger partial charge in [0.2, 0.25) is 23.5 Å². The Morgan fingerprint density at radius 1 is 0.953 bits per heavy atom. The first kappa shape index (κ1) is 26.3. The number of anilines is 1. The highest BCUT2D eigenvalue weighted by atomic mass is 19.1. The Bertz CT molecular complexity index is 1560. The van der Waals surface area contributed by atoms with Crippen molar-refractivity contribution in [3.8, 4) is 11.4 Å². The van der Waals surface area contributed by atoms with Gasteiger partial charge in [-0.05, 0) is 101 Å². The maximum atomic E-state index is 14.4. The minimum atomic E-state index is -1.02. The van der Waals surface area contributed by atoms with E-state index in [-0.39, 0.29) is 27.6 Å². The van der Waals surface area contributed by atoms with Gasteiger partial charge < -0.3 is 18.7 Å². The third-order valence-corrected chi connectivity index (χ3v) is 11.8. The van der Waals surface area contributed by atoms with E-state index in [1.807, 2.05) is 29.2 Å². The fraction of sp³-hybridized carbons (Fsp3) is 0.667. The van der Waals surface area contributed by atoms with E-state index in [1.54, 1.807) is 0 Å². The van der Waals surface area contributed by atoms with E-state index in [4.69, 9.17) is 23.8 Å². The number of benzene rings is 1. The van der Waals surface area contributed by atoms with Gasteiger partial charge in [0, 0.05) is 35.5 Å². The molecule has 10 heteroatoms. The summed E-state index contributed by atoms with van der Waals surface area (Å²) in [6, 6.07) is 7.94. The van der Waals surface area contributed by atoms with Gasteiger partial charge in [0.25, 0.3) is 0 Å². The predicted molar refractivity (Wildman–Crippen MR) is 153 cm³/mol. The summed E-state index contributed by atoms with van der Waals surface area (Å²) in [4.78, 5) is 25.7. The van der Waals surface area contributed by atoms with E-state index >= 15 is 0 Å². The predicted octanol–water partition coefficient (Wildman–Crippen LogP) is 6.19. The number of carbonyl (C=O) groups is 1. The van der Waals surface area contributed by atoms with Crippen LogP contribution in [0, 0.1) is 10.8 Å². The van der Waals surface area contributed by atoms with E-state index in [0.717, 1.165) is 74.3 Å². The lowest BCUT2D eigenvalue weighted by atomic mass is 9.41. The third kappa shape index (κ3) is 4.15. The minimum Gasteiger partial charge on any atom is -0.379 e.